The normalized spacial score (nSPS) is 23.0. The Balaban J connectivity index is 1.42. The van der Waals surface area contributed by atoms with Crippen LogP contribution in [0.3, 0.4) is 0 Å². The van der Waals surface area contributed by atoms with Gasteiger partial charge < -0.3 is 9.64 Å². The lowest BCUT2D eigenvalue weighted by Crippen LogP contribution is -2.58. The highest BCUT2D eigenvalue weighted by molar-refractivity contribution is 8.01. The molecule has 2 saturated heterocycles. The van der Waals surface area contributed by atoms with Crippen molar-refractivity contribution in [3.05, 3.63) is 34.9 Å². The first-order valence-electron chi connectivity index (χ1n) is 7.88. The highest BCUT2D eigenvalue weighted by Crippen LogP contribution is 2.46. The van der Waals surface area contributed by atoms with Crippen molar-refractivity contribution >= 4 is 29.3 Å². The Hall–Kier alpha value is -0.750. The summed E-state index contributed by atoms with van der Waals surface area (Å²) in [7, 11) is 3.52. The topological polar surface area (TPSA) is 32.8 Å². The van der Waals surface area contributed by atoms with Crippen molar-refractivity contribution in [1.82, 2.24) is 9.80 Å². The molecule has 2 heterocycles. The lowest BCUT2D eigenvalue weighted by molar-refractivity contribution is -0.135. The molecule has 0 unspecified atom stereocenters. The van der Waals surface area contributed by atoms with E-state index in [1.165, 1.54) is 5.56 Å². The van der Waals surface area contributed by atoms with E-state index < -0.39 is 0 Å². The molecule has 0 N–H and O–H groups in total. The average molecular weight is 355 g/mol. The lowest BCUT2D eigenvalue weighted by Gasteiger charge is -2.47. The summed E-state index contributed by atoms with van der Waals surface area (Å²) in [4.78, 5) is 15.6. The van der Waals surface area contributed by atoms with Crippen LogP contribution in [-0.2, 0) is 16.1 Å². The van der Waals surface area contributed by atoms with Gasteiger partial charge in [0.1, 0.15) is 6.61 Å². The van der Waals surface area contributed by atoms with Gasteiger partial charge in [-0.25, -0.2) is 0 Å². The first kappa shape index (κ1) is 17.1. The molecular weight excluding hydrogens is 332 g/mol. The third-order valence-corrected chi connectivity index (χ3v) is 6.29. The van der Waals surface area contributed by atoms with Crippen LogP contribution in [0.25, 0.3) is 0 Å². The molecule has 0 aliphatic carbocycles. The number of hydrogen-bond acceptors (Lipinski definition) is 4. The van der Waals surface area contributed by atoms with Gasteiger partial charge >= 0.3 is 0 Å². The van der Waals surface area contributed by atoms with Gasteiger partial charge in [0.2, 0.25) is 5.91 Å². The number of rotatable bonds is 5. The van der Waals surface area contributed by atoms with Gasteiger partial charge in [-0.2, -0.15) is 0 Å². The number of thioether (sulfide) groups is 1. The second-order valence-corrected chi connectivity index (χ2v) is 8.62. The molecule has 1 amide bonds. The quantitative estimate of drug-likeness (QED) is 0.813. The molecular formula is C17H23ClN2O2S. The summed E-state index contributed by atoms with van der Waals surface area (Å²) in [5, 5.41) is 0.785. The zero-order valence-electron chi connectivity index (χ0n) is 13.6. The van der Waals surface area contributed by atoms with Crippen molar-refractivity contribution in [3.8, 4) is 0 Å². The van der Waals surface area contributed by atoms with Crippen LogP contribution in [0.5, 0.6) is 0 Å². The van der Waals surface area contributed by atoms with Crippen molar-refractivity contribution in [2.24, 2.45) is 0 Å². The van der Waals surface area contributed by atoms with Crippen LogP contribution in [0.1, 0.15) is 12.0 Å². The van der Waals surface area contributed by atoms with E-state index in [1.807, 2.05) is 23.9 Å². The van der Waals surface area contributed by atoms with E-state index in [4.69, 9.17) is 16.3 Å². The zero-order chi connectivity index (χ0) is 16.4. The smallest absolute Gasteiger partial charge is 0.248 e. The Morgan fingerprint density at radius 2 is 2.09 bits per heavy atom. The molecule has 0 aromatic heterocycles. The molecule has 126 valence electrons. The third-order valence-electron chi connectivity index (χ3n) is 4.46. The van der Waals surface area contributed by atoms with E-state index in [0.717, 1.165) is 36.8 Å². The Morgan fingerprint density at radius 3 is 2.74 bits per heavy atom. The minimum atomic E-state index is 0.0360. The molecule has 3 rings (SSSR count). The number of carbonyl (C=O) groups excluding carboxylic acids is 1. The van der Waals surface area contributed by atoms with Crippen molar-refractivity contribution in [2.45, 2.75) is 23.8 Å². The van der Waals surface area contributed by atoms with Crippen molar-refractivity contribution in [3.63, 3.8) is 0 Å². The Bertz CT molecular complexity index is 558. The van der Waals surface area contributed by atoms with Crippen LogP contribution in [-0.4, -0.2) is 66.1 Å². The van der Waals surface area contributed by atoms with Crippen LogP contribution in [0.4, 0.5) is 0 Å². The van der Waals surface area contributed by atoms with Crippen molar-refractivity contribution in [1.29, 1.82) is 0 Å². The highest BCUT2D eigenvalue weighted by atomic mass is 35.5. The first-order chi connectivity index (χ1) is 11.0. The number of ether oxygens (including phenoxy) is 1. The van der Waals surface area contributed by atoms with Gasteiger partial charge in [-0.3, -0.25) is 9.69 Å². The largest absolute Gasteiger partial charge is 0.367 e. The van der Waals surface area contributed by atoms with E-state index >= 15 is 0 Å². The van der Waals surface area contributed by atoms with E-state index in [0.29, 0.717) is 4.75 Å². The predicted octanol–water partition coefficient (Wildman–Crippen LogP) is 2.50. The SMILES string of the molecule is CN(C)C(=O)CO[C@H]1CSC2(C1)CN(Cc1ccc(Cl)cc1)C2. The molecule has 0 radical (unpaired) electrons. The number of nitrogens with zero attached hydrogens (tertiary/aromatic N) is 2. The maximum Gasteiger partial charge on any atom is 0.248 e. The molecule has 6 heteroatoms. The van der Waals surface area contributed by atoms with Crippen LogP contribution in [0.2, 0.25) is 5.02 Å². The summed E-state index contributed by atoms with van der Waals surface area (Å²) in [5.74, 6) is 1.03. The fourth-order valence-corrected chi connectivity index (χ4v) is 4.91. The number of halogens is 1. The van der Waals surface area contributed by atoms with Crippen LogP contribution in [0, 0.1) is 0 Å². The molecule has 1 spiro atoms. The van der Waals surface area contributed by atoms with Gasteiger partial charge in [0, 0.05) is 49.3 Å². The molecule has 1 atom stereocenters. The Kier molecular flexibility index (Phi) is 5.21. The maximum atomic E-state index is 11.6. The molecule has 2 fully saturated rings. The first-order valence-corrected chi connectivity index (χ1v) is 9.25. The van der Waals surface area contributed by atoms with Crippen molar-refractivity contribution < 1.29 is 9.53 Å². The molecule has 23 heavy (non-hydrogen) atoms. The minimum absolute atomic E-state index is 0.0360. The average Bonchev–Trinajstić information content (AvgIpc) is 2.91. The summed E-state index contributed by atoms with van der Waals surface area (Å²) in [5.41, 5.74) is 1.30. The number of carbonyl (C=O) groups is 1. The van der Waals surface area contributed by atoms with Gasteiger partial charge in [0.15, 0.2) is 0 Å². The predicted molar refractivity (Wildman–Crippen MR) is 95.0 cm³/mol. The number of amides is 1. The monoisotopic (exact) mass is 354 g/mol. The maximum absolute atomic E-state index is 11.6. The molecule has 0 bridgehead atoms. The fourth-order valence-electron chi connectivity index (χ4n) is 3.18. The number of hydrogen-bond donors (Lipinski definition) is 0. The third kappa shape index (κ3) is 4.21. The number of likely N-dealkylation sites (tertiary alicyclic amines) is 1. The van der Waals surface area contributed by atoms with Crippen LogP contribution in [0.15, 0.2) is 24.3 Å². The summed E-state index contributed by atoms with van der Waals surface area (Å²) >= 11 is 7.93. The molecule has 1 aromatic rings. The fraction of sp³-hybridized carbons (Fsp3) is 0.588. The van der Waals surface area contributed by atoms with Crippen LogP contribution >= 0.6 is 23.4 Å². The van der Waals surface area contributed by atoms with Gasteiger partial charge in [-0.05, 0) is 24.1 Å². The van der Waals surface area contributed by atoms with Gasteiger partial charge in [0.25, 0.3) is 0 Å². The summed E-state index contributed by atoms with van der Waals surface area (Å²) in [6, 6.07) is 8.08. The molecule has 2 aliphatic rings. The van der Waals surface area contributed by atoms with E-state index in [-0.39, 0.29) is 18.6 Å². The highest BCUT2D eigenvalue weighted by Gasteiger charge is 2.49. The second-order valence-electron chi connectivity index (χ2n) is 6.69. The standard InChI is InChI=1S/C17H23ClN2O2S/c1-19(2)16(21)9-22-15-7-17(23-10-15)11-20(12-17)8-13-3-5-14(18)6-4-13/h3-6,15H,7-12H2,1-2H3/t15-/m1/s1. The summed E-state index contributed by atoms with van der Waals surface area (Å²) < 4.78 is 6.11. The Morgan fingerprint density at radius 1 is 1.39 bits per heavy atom. The Labute approximate surface area is 147 Å². The molecule has 0 saturated carbocycles. The van der Waals surface area contributed by atoms with Crippen molar-refractivity contribution in [2.75, 3.05) is 39.5 Å². The molecule has 1 aromatic carbocycles. The summed E-state index contributed by atoms with van der Waals surface area (Å²) in [6.45, 7) is 3.37. The second kappa shape index (κ2) is 7.01. The zero-order valence-corrected chi connectivity index (χ0v) is 15.2. The van der Waals surface area contributed by atoms with Gasteiger partial charge in [0.05, 0.1) is 6.10 Å². The van der Waals surface area contributed by atoms with Gasteiger partial charge in [-0.1, -0.05) is 23.7 Å². The lowest BCUT2D eigenvalue weighted by atomic mass is 9.92. The molecule has 2 aliphatic heterocycles. The van der Waals surface area contributed by atoms with E-state index in [1.54, 1.807) is 19.0 Å². The minimum Gasteiger partial charge on any atom is -0.367 e. The van der Waals surface area contributed by atoms with E-state index in [2.05, 4.69) is 17.0 Å². The molecule has 4 nitrogen and oxygen atoms in total. The van der Waals surface area contributed by atoms with E-state index in [9.17, 15) is 4.79 Å². The van der Waals surface area contributed by atoms with Gasteiger partial charge in [-0.15, -0.1) is 11.8 Å². The number of benzene rings is 1. The summed E-state index contributed by atoms with van der Waals surface area (Å²) in [6.07, 6.45) is 1.26. The number of likely N-dealkylation sites (N-methyl/N-ethyl adjacent to an activating group) is 1. The van der Waals surface area contributed by atoms with Crippen LogP contribution < -0.4 is 0 Å².